The highest BCUT2D eigenvalue weighted by Gasteiger charge is 2.28. The fraction of sp³-hybridized carbons (Fsp3) is 0.471. The molecule has 3 aromatic heterocycles. The van der Waals surface area contributed by atoms with Crippen molar-refractivity contribution in [2.45, 2.75) is 45.5 Å². The van der Waals surface area contributed by atoms with Crippen molar-refractivity contribution in [2.75, 3.05) is 10.6 Å². The van der Waals surface area contributed by atoms with Gasteiger partial charge in [0.15, 0.2) is 0 Å². The van der Waals surface area contributed by atoms with E-state index in [2.05, 4.69) is 37.6 Å². The molecule has 24 heavy (non-hydrogen) atoms. The van der Waals surface area contributed by atoms with Gasteiger partial charge in [-0.3, -0.25) is 4.68 Å². The van der Waals surface area contributed by atoms with Crippen molar-refractivity contribution in [1.29, 1.82) is 0 Å². The Hall–Kier alpha value is -2.57. The molecule has 0 aromatic carbocycles. The lowest BCUT2D eigenvalue weighted by molar-refractivity contribution is 0.532. The van der Waals surface area contributed by atoms with Crippen molar-refractivity contribution in [3.05, 3.63) is 24.7 Å². The van der Waals surface area contributed by atoms with Crippen LogP contribution in [0.15, 0.2) is 24.7 Å². The summed E-state index contributed by atoms with van der Waals surface area (Å²) in [5.41, 5.74) is 0.868. The molecule has 3 N–H and O–H groups in total. The van der Waals surface area contributed by atoms with Crippen LogP contribution < -0.4 is 10.6 Å². The molecule has 1 atom stereocenters. The van der Waals surface area contributed by atoms with Gasteiger partial charge in [0.1, 0.15) is 11.5 Å². The van der Waals surface area contributed by atoms with E-state index in [0.29, 0.717) is 22.1 Å². The number of hydrogen-bond acceptors (Lipinski definition) is 5. The van der Waals surface area contributed by atoms with E-state index in [1.807, 2.05) is 6.07 Å². The maximum Gasteiger partial charge on any atom is 0.231 e. The van der Waals surface area contributed by atoms with Crippen molar-refractivity contribution >= 4 is 28.5 Å². The molecule has 0 amide bonds. The van der Waals surface area contributed by atoms with Crippen molar-refractivity contribution < 1.29 is 9.60 Å². The third kappa shape index (κ3) is 2.93. The number of nitrogens with zero attached hydrogens (tertiary/aromatic N) is 4. The van der Waals surface area contributed by atoms with Gasteiger partial charge in [0.2, 0.25) is 5.95 Å². The quantitative estimate of drug-likeness (QED) is 0.641. The fourth-order valence-corrected chi connectivity index (χ4v) is 2.68. The van der Waals surface area contributed by atoms with Gasteiger partial charge in [0.05, 0.1) is 18.6 Å². The van der Waals surface area contributed by atoms with Crippen LogP contribution >= 0.6 is 0 Å². The van der Waals surface area contributed by atoms with Crippen molar-refractivity contribution in [2.24, 2.45) is 5.92 Å². The number of anilines is 3. The Labute approximate surface area is 150 Å². The smallest absolute Gasteiger partial charge is 0.231 e. The predicted octanol–water partition coefficient (Wildman–Crippen LogP) is 3.69. The number of aromatic nitrogens is 5. The van der Waals surface area contributed by atoms with Gasteiger partial charge in [-0.1, -0.05) is 0 Å². The van der Waals surface area contributed by atoms with Gasteiger partial charge in [-0.05, 0) is 45.5 Å². The van der Waals surface area contributed by atoms with Gasteiger partial charge >= 0.3 is 0 Å². The van der Waals surface area contributed by atoms with Crippen LogP contribution in [0.4, 0.5) is 17.5 Å². The van der Waals surface area contributed by atoms with Gasteiger partial charge in [-0.25, -0.2) is 0 Å². The highest BCUT2D eigenvalue weighted by Crippen LogP contribution is 2.34. The SMILES string of the molecule is [2H]C([2H])([2H])C([2H])(n1cc(Nc2nc(N[C@@H](C)C3CC3)c3cc[nH]c3n2)cn1)C([2H])([2H])[2H]. The first kappa shape index (κ1) is 9.05. The lowest BCUT2D eigenvalue weighted by Crippen LogP contribution is -2.18. The molecule has 0 unspecified atom stereocenters. The normalized spacial score (nSPS) is 21.6. The molecule has 0 bridgehead atoms. The number of fused-ring (bicyclic) bond motifs is 1. The molecule has 1 fully saturated rings. The largest absolute Gasteiger partial charge is 0.367 e. The molecule has 126 valence electrons. The zero-order valence-electron chi connectivity index (χ0n) is 20.2. The van der Waals surface area contributed by atoms with Crippen LogP contribution in [0.3, 0.4) is 0 Å². The number of hydrogen-bond donors (Lipinski definition) is 3. The molecule has 1 aliphatic carbocycles. The van der Waals surface area contributed by atoms with Gasteiger partial charge in [0.25, 0.3) is 0 Å². The lowest BCUT2D eigenvalue weighted by atomic mass is 10.2. The van der Waals surface area contributed by atoms with E-state index >= 15 is 0 Å². The number of aromatic amines is 1. The van der Waals surface area contributed by atoms with Gasteiger partial charge < -0.3 is 15.6 Å². The molecule has 0 saturated heterocycles. The molecule has 4 rings (SSSR count). The maximum atomic E-state index is 8.20. The summed E-state index contributed by atoms with van der Waals surface area (Å²) in [4.78, 5) is 12.0. The Morgan fingerprint density at radius 2 is 2.29 bits per heavy atom. The molecular formula is C17H23N7. The van der Waals surface area contributed by atoms with Gasteiger partial charge in [-0.15, -0.1) is 0 Å². The molecule has 0 spiro atoms. The minimum Gasteiger partial charge on any atom is -0.367 e. The van der Waals surface area contributed by atoms with Crippen LogP contribution in [0.1, 0.15) is 49.1 Å². The summed E-state index contributed by atoms with van der Waals surface area (Å²) in [5.74, 6) is 1.49. The van der Waals surface area contributed by atoms with Crippen molar-refractivity contribution in [3.63, 3.8) is 0 Å². The second kappa shape index (κ2) is 5.81. The summed E-state index contributed by atoms with van der Waals surface area (Å²) in [7, 11) is 0. The summed E-state index contributed by atoms with van der Waals surface area (Å²) in [6.07, 6.45) is 6.52. The topological polar surface area (TPSA) is 83.5 Å². The molecule has 7 nitrogen and oxygen atoms in total. The summed E-state index contributed by atoms with van der Waals surface area (Å²) in [5, 5.41) is 11.0. The summed E-state index contributed by atoms with van der Waals surface area (Å²) in [6, 6.07) is -0.803. The van der Waals surface area contributed by atoms with E-state index in [4.69, 9.17) is 9.60 Å². The number of H-pyrrole nitrogens is 1. The zero-order chi connectivity index (χ0) is 22.6. The van der Waals surface area contributed by atoms with Crippen molar-refractivity contribution in [3.8, 4) is 0 Å². The van der Waals surface area contributed by atoms with Crippen LogP contribution in [0, 0.1) is 5.92 Å². The summed E-state index contributed by atoms with van der Waals surface area (Å²) in [6.45, 7) is -4.15. The molecule has 0 radical (unpaired) electrons. The van der Waals surface area contributed by atoms with Gasteiger partial charge in [0, 0.05) is 32.7 Å². The first-order valence-electron chi connectivity index (χ1n) is 11.3. The van der Waals surface area contributed by atoms with Crippen molar-refractivity contribution in [1.82, 2.24) is 24.7 Å². The zero-order valence-corrected chi connectivity index (χ0v) is 13.2. The Morgan fingerprint density at radius 1 is 1.42 bits per heavy atom. The predicted molar refractivity (Wildman–Crippen MR) is 95.6 cm³/mol. The van der Waals surface area contributed by atoms with Crippen LogP contribution in [0.2, 0.25) is 0 Å². The first-order valence-corrected chi connectivity index (χ1v) is 7.84. The van der Waals surface area contributed by atoms with Crippen LogP contribution in [0.25, 0.3) is 11.0 Å². The molecular weight excluding hydrogens is 302 g/mol. The maximum absolute atomic E-state index is 8.20. The second-order valence-corrected chi connectivity index (χ2v) is 6.05. The fourth-order valence-electron chi connectivity index (χ4n) is 2.68. The number of rotatable bonds is 6. The Morgan fingerprint density at radius 3 is 3.08 bits per heavy atom. The Kier molecular flexibility index (Phi) is 2.19. The minimum absolute atomic E-state index is 0.221. The molecule has 0 aliphatic heterocycles. The van der Waals surface area contributed by atoms with E-state index in [0.717, 1.165) is 11.6 Å². The van der Waals surface area contributed by atoms with E-state index in [1.54, 1.807) is 6.20 Å². The number of nitrogens with one attached hydrogen (secondary N) is 3. The summed E-state index contributed by atoms with van der Waals surface area (Å²) >= 11 is 0. The molecule has 3 aromatic rings. The van der Waals surface area contributed by atoms with E-state index in [1.165, 1.54) is 19.0 Å². The lowest BCUT2D eigenvalue weighted by Gasteiger charge is -2.15. The Bertz CT molecular complexity index is 1070. The van der Waals surface area contributed by atoms with E-state index in [-0.39, 0.29) is 17.7 Å². The standard InChI is InChI=1S/C17H23N7/c1-10(2)24-9-13(8-19-24)21-17-22-15-14(6-7-18-15)16(23-17)20-11(3)12-4-5-12/h6-12H,4-5H2,1-3H3,(H3,18,20,21,22,23)/t11-/m0/s1/i1D3,2D3,10D. The highest BCUT2D eigenvalue weighted by molar-refractivity contribution is 5.88. The average Bonchev–Trinajstić information content (AvgIpc) is 3.22. The van der Waals surface area contributed by atoms with Crippen LogP contribution in [0.5, 0.6) is 0 Å². The van der Waals surface area contributed by atoms with Crippen LogP contribution in [-0.2, 0) is 0 Å². The monoisotopic (exact) mass is 332 g/mol. The third-order valence-corrected chi connectivity index (χ3v) is 4.18. The molecule has 1 aliphatic rings. The molecule has 7 heteroatoms. The second-order valence-electron chi connectivity index (χ2n) is 6.05. The third-order valence-electron chi connectivity index (χ3n) is 4.18. The minimum atomic E-state index is -3.13. The summed E-state index contributed by atoms with van der Waals surface area (Å²) < 4.78 is 54.3. The van der Waals surface area contributed by atoms with E-state index in [9.17, 15) is 0 Å². The average molecular weight is 332 g/mol. The highest BCUT2D eigenvalue weighted by atomic mass is 15.3. The van der Waals surface area contributed by atoms with E-state index < -0.39 is 19.7 Å². The first-order chi connectivity index (χ1) is 14.4. The van der Waals surface area contributed by atoms with Gasteiger partial charge in [-0.2, -0.15) is 15.1 Å². The molecule has 1 saturated carbocycles. The Balaban J connectivity index is 1.64. The van der Waals surface area contributed by atoms with Crippen LogP contribution in [-0.4, -0.2) is 30.8 Å². The molecule has 3 heterocycles.